The fraction of sp³-hybridized carbons (Fsp3) is 0.273. The van der Waals surface area contributed by atoms with Crippen molar-refractivity contribution in [1.29, 1.82) is 0 Å². The van der Waals surface area contributed by atoms with E-state index in [1.165, 1.54) is 24.3 Å². The minimum Gasteiger partial charge on any atom is -0.309 e. The van der Waals surface area contributed by atoms with Crippen molar-refractivity contribution in [2.75, 3.05) is 6.54 Å². The summed E-state index contributed by atoms with van der Waals surface area (Å²) in [6.07, 6.45) is -2.81. The first-order valence-corrected chi connectivity index (χ1v) is 4.66. The van der Waals surface area contributed by atoms with Crippen molar-refractivity contribution in [2.45, 2.75) is 12.7 Å². The Morgan fingerprint density at radius 2 is 1.88 bits per heavy atom. The number of hydrogen-bond donors (Lipinski definition) is 1. The van der Waals surface area contributed by atoms with E-state index in [1.807, 2.05) is 0 Å². The minimum atomic E-state index is -4.35. The molecule has 0 aliphatic rings. The monoisotopic (exact) mass is 233 g/mol. The molecule has 88 valence electrons. The molecule has 1 aromatic rings. The molecule has 0 saturated carbocycles. The fourth-order valence-corrected chi connectivity index (χ4v) is 1.29. The van der Waals surface area contributed by atoms with Crippen molar-refractivity contribution in [3.05, 3.63) is 47.8 Å². The Balaban J connectivity index is 2.72. The van der Waals surface area contributed by atoms with Gasteiger partial charge in [-0.3, -0.25) is 0 Å². The molecule has 0 aromatic heterocycles. The number of hydrogen-bond acceptors (Lipinski definition) is 1. The summed E-state index contributed by atoms with van der Waals surface area (Å²) in [5.41, 5.74) is -0.506. The van der Waals surface area contributed by atoms with Crippen LogP contribution in [0.15, 0.2) is 36.7 Å². The van der Waals surface area contributed by atoms with Crippen molar-refractivity contribution in [3.8, 4) is 0 Å². The molecule has 16 heavy (non-hydrogen) atoms. The summed E-state index contributed by atoms with van der Waals surface area (Å²) in [6, 6.07) is 5.31. The molecule has 0 saturated heterocycles. The van der Waals surface area contributed by atoms with Crippen LogP contribution in [0.2, 0.25) is 0 Å². The molecule has 1 aromatic carbocycles. The smallest absolute Gasteiger partial charge is 0.309 e. The molecule has 0 aliphatic heterocycles. The molecule has 5 heteroatoms. The summed E-state index contributed by atoms with van der Waals surface area (Å²) < 4.78 is 49.2. The van der Waals surface area contributed by atoms with Crippen LogP contribution in [-0.4, -0.2) is 6.54 Å². The van der Waals surface area contributed by atoms with Gasteiger partial charge in [0.05, 0.1) is 11.9 Å². The molecule has 0 fully saturated rings. The molecule has 0 bridgehead atoms. The van der Waals surface area contributed by atoms with Gasteiger partial charge >= 0.3 is 6.18 Å². The van der Waals surface area contributed by atoms with Crippen molar-refractivity contribution in [1.82, 2.24) is 5.32 Å². The van der Waals surface area contributed by atoms with Gasteiger partial charge in [0.2, 0.25) is 0 Å². The van der Waals surface area contributed by atoms with Crippen LogP contribution in [0.3, 0.4) is 0 Å². The van der Waals surface area contributed by atoms with Crippen molar-refractivity contribution in [2.24, 2.45) is 0 Å². The van der Waals surface area contributed by atoms with Crippen LogP contribution in [0, 0.1) is 0 Å². The normalized spacial score (nSPS) is 12.2. The lowest BCUT2D eigenvalue weighted by Gasteiger charge is -2.12. The summed E-state index contributed by atoms with van der Waals surface area (Å²) in [4.78, 5) is 0. The molecular weight excluding hydrogens is 222 g/mol. The van der Waals surface area contributed by atoms with Crippen molar-refractivity contribution < 1.29 is 17.6 Å². The maximum atomic E-state index is 12.5. The Morgan fingerprint density at radius 1 is 1.19 bits per heavy atom. The molecule has 0 aliphatic carbocycles. The number of rotatable bonds is 4. The number of halogens is 4. The molecule has 0 spiro atoms. The molecular formula is C11H11F4N. The molecule has 0 unspecified atom stereocenters. The molecule has 1 nitrogen and oxygen atoms in total. The molecule has 0 heterocycles. The Hall–Kier alpha value is -1.36. The first-order chi connectivity index (χ1) is 7.55. The first-order valence-electron chi connectivity index (χ1n) is 4.66. The molecule has 1 rings (SSSR count). The maximum Gasteiger partial charge on any atom is 0.416 e. The molecule has 0 amide bonds. The van der Waals surface area contributed by atoms with Gasteiger partial charge in [0.15, 0.2) is 0 Å². The lowest BCUT2D eigenvalue weighted by atomic mass is 10.1. The van der Waals surface area contributed by atoms with Gasteiger partial charge in [-0.2, -0.15) is 13.2 Å². The van der Waals surface area contributed by atoms with Crippen LogP contribution in [0.5, 0.6) is 0 Å². The second-order valence-electron chi connectivity index (χ2n) is 3.15. The number of alkyl halides is 3. The highest BCUT2D eigenvalue weighted by Gasteiger charge is 2.32. The second-order valence-corrected chi connectivity index (χ2v) is 3.15. The van der Waals surface area contributed by atoms with Gasteiger partial charge in [0.1, 0.15) is 0 Å². The Morgan fingerprint density at radius 3 is 2.50 bits per heavy atom. The SMILES string of the molecule is FC=CCNCc1ccccc1C(F)(F)F. The quantitative estimate of drug-likeness (QED) is 0.621. The first kappa shape index (κ1) is 12.7. The average molecular weight is 233 g/mol. The van der Waals surface area contributed by atoms with E-state index in [9.17, 15) is 17.6 Å². The van der Waals surface area contributed by atoms with E-state index in [-0.39, 0.29) is 18.7 Å². The van der Waals surface area contributed by atoms with Crippen molar-refractivity contribution in [3.63, 3.8) is 0 Å². The van der Waals surface area contributed by atoms with Crippen LogP contribution in [0.25, 0.3) is 0 Å². The van der Waals surface area contributed by atoms with Crippen LogP contribution < -0.4 is 5.32 Å². The summed E-state index contributed by atoms with van der Waals surface area (Å²) in [7, 11) is 0. The van der Waals surface area contributed by atoms with Gasteiger partial charge in [0, 0.05) is 13.1 Å². The van der Waals surface area contributed by atoms with Gasteiger partial charge in [-0.15, -0.1) is 0 Å². The number of benzene rings is 1. The van der Waals surface area contributed by atoms with Crippen LogP contribution in [0.4, 0.5) is 17.6 Å². The van der Waals surface area contributed by atoms with Gasteiger partial charge in [0.25, 0.3) is 0 Å². The zero-order valence-corrected chi connectivity index (χ0v) is 8.39. The van der Waals surface area contributed by atoms with Gasteiger partial charge in [-0.05, 0) is 17.7 Å². The van der Waals surface area contributed by atoms with Crippen LogP contribution in [0.1, 0.15) is 11.1 Å². The second kappa shape index (κ2) is 5.65. The minimum absolute atomic E-state index is 0.0556. The highest BCUT2D eigenvalue weighted by molar-refractivity contribution is 5.29. The summed E-state index contributed by atoms with van der Waals surface area (Å²) in [5, 5.41) is 2.69. The van der Waals surface area contributed by atoms with Crippen LogP contribution in [-0.2, 0) is 12.7 Å². The fourth-order valence-electron chi connectivity index (χ4n) is 1.29. The zero-order chi connectivity index (χ0) is 12.0. The number of nitrogens with one attached hydrogen (secondary N) is 1. The van der Waals surface area contributed by atoms with E-state index in [0.29, 0.717) is 6.33 Å². The van der Waals surface area contributed by atoms with E-state index in [4.69, 9.17) is 0 Å². The summed E-state index contributed by atoms with van der Waals surface area (Å²) in [6.45, 7) is 0.253. The predicted octanol–water partition coefficient (Wildman–Crippen LogP) is 3.28. The largest absolute Gasteiger partial charge is 0.416 e. The standard InChI is InChI=1S/C11H11F4N/c12-6-3-7-16-8-9-4-1-2-5-10(9)11(13,14)15/h1-6,16H,7-8H2. The lowest BCUT2D eigenvalue weighted by molar-refractivity contribution is -0.138. The van der Waals surface area contributed by atoms with E-state index in [0.717, 1.165) is 6.07 Å². The zero-order valence-electron chi connectivity index (χ0n) is 8.39. The van der Waals surface area contributed by atoms with E-state index < -0.39 is 11.7 Å². The summed E-state index contributed by atoms with van der Waals surface area (Å²) >= 11 is 0. The van der Waals surface area contributed by atoms with Gasteiger partial charge < -0.3 is 5.32 Å². The molecule has 0 radical (unpaired) electrons. The topological polar surface area (TPSA) is 12.0 Å². The third-order valence-electron chi connectivity index (χ3n) is 1.99. The van der Waals surface area contributed by atoms with Gasteiger partial charge in [-0.1, -0.05) is 18.2 Å². The Bertz CT molecular complexity index is 357. The van der Waals surface area contributed by atoms with Crippen LogP contribution >= 0.6 is 0 Å². The Labute approximate surface area is 90.8 Å². The van der Waals surface area contributed by atoms with Crippen molar-refractivity contribution >= 4 is 0 Å². The predicted molar refractivity (Wildman–Crippen MR) is 53.4 cm³/mol. The summed E-state index contributed by atoms with van der Waals surface area (Å²) in [5.74, 6) is 0. The highest BCUT2D eigenvalue weighted by Crippen LogP contribution is 2.31. The average Bonchev–Trinajstić information content (AvgIpc) is 2.24. The molecule has 1 N–H and O–H groups in total. The maximum absolute atomic E-state index is 12.5. The Kier molecular flexibility index (Phi) is 4.49. The third kappa shape index (κ3) is 3.66. The molecule has 0 atom stereocenters. The third-order valence-corrected chi connectivity index (χ3v) is 1.99. The highest BCUT2D eigenvalue weighted by atomic mass is 19.4. The van der Waals surface area contributed by atoms with E-state index in [1.54, 1.807) is 0 Å². The van der Waals surface area contributed by atoms with Gasteiger partial charge in [-0.25, -0.2) is 4.39 Å². The van der Waals surface area contributed by atoms with E-state index in [2.05, 4.69) is 5.32 Å². The lowest BCUT2D eigenvalue weighted by Crippen LogP contribution is -2.17. The van der Waals surface area contributed by atoms with E-state index >= 15 is 0 Å².